The molecule has 148 valence electrons. The third kappa shape index (κ3) is 2.58. The number of halogens is 1. The van der Waals surface area contributed by atoms with Gasteiger partial charge in [0.1, 0.15) is 5.82 Å². The van der Waals surface area contributed by atoms with Gasteiger partial charge in [-0.25, -0.2) is 14.1 Å². The molecule has 10 heteroatoms. The van der Waals surface area contributed by atoms with Gasteiger partial charge in [-0.15, -0.1) is 0 Å². The Kier molecular flexibility index (Phi) is 3.75. The van der Waals surface area contributed by atoms with E-state index in [4.69, 9.17) is 0 Å². The molecule has 3 heterocycles. The Morgan fingerprint density at radius 1 is 1.17 bits per heavy atom. The first-order chi connectivity index (χ1) is 14.4. The lowest BCUT2D eigenvalue weighted by Crippen LogP contribution is -2.14. The molecule has 5 aromatic rings. The summed E-state index contributed by atoms with van der Waals surface area (Å²) < 4.78 is 16.2. The van der Waals surface area contributed by atoms with Crippen LogP contribution in [-0.2, 0) is 7.05 Å². The molecule has 0 unspecified atom stereocenters. The normalized spacial score (nSPS) is 11.4. The first kappa shape index (κ1) is 17.7. The second kappa shape index (κ2) is 6.34. The summed E-state index contributed by atoms with van der Waals surface area (Å²) in [5.41, 5.74) is 1.66. The molecule has 0 saturated heterocycles. The Bertz CT molecular complexity index is 1510. The average molecular weight is 404 g/mol. The van der Waals surface area contributed by atoms with Gasteiger partial charge in [0.05, 0.1) is 38.8 Å². The Morgan fingerprint density at radius 3 is 2.67 bits per heavy atom. The van der Waals surface area contributed by atoms with Crippen LogP contribution in [0.4, 0.5) is 10.1 Å². The van der Waals surface area contributed by atoms with Gasteiger partial charge in [0.15, 0.2) is 5.65 Å². The first-order valence-corrected chi connectivity index (χ1v) is 8.91. The van der Waals surface area contributed by atoms with Gasteiger partial charge >= 0.3 is 0 Å². The molecule has 0 aliphatic heterocycles. The summed E-state index contributed by atoms with van der Waals surface area (Å²) >= 11 is 0. The maximum absolute atomic E-state index is 13.3. The van der Waals surface area contributed by atoms with Crippen molar-refractivity contribution in [3.63, 3.8) is 0 Å². The number of benzene rings is 2. The van der Waals surface area contributed by atoms with Crippen LogP contribution in [0.25, 0.3) is 38.9 Å². The lowest BCUT2D eigenvalue weighted by molar-refractivity contribution is -0.384. The number of hydrogen-bond donors (Lipinski definition) is 1. The number of nitrogens with one attached hydrogen (secondary N) is 1. The Hall–Kier alpha value is -4.34. The molecule has 0 saturated carbocycles. The number of hydrogen-bond acceptors (Lipinski definition) is 5. The maximum Gasteiger partial charge on any atom is 0.281 e. The molecule has 30 heavy (non-hydrogen) atoms. The Balaban J connectivity index is 1.89. The van der Waals surface area contributed by atoms with Gasteiger partial charge < -0.3 is 0 Å². The molecule has 1 N–H and O–H groups in total. The number of rotatable bonds is 3. The van der Waals surface area contributed by atoms with Crippen molar-refractivity contribution >= 4 is 27.6 Å². The van der Waals surface area contributed by atoms with E-state index in [2.05, 4.69) is 15.2 Å². The molecule has 9 nitrogen and oxygen atoms in total. The van der Waals surface area contributed by atoms with E-state index >= 15 is 0 Å². The molecule has 5 rings (SSSR count). The van der Waals surface area contributed by atoms with Crippen molar-refractivity contribution in [2.24, 2.45) is 7.05 Å². The fraction of sp³-hybridized carbons (Fsp3) is 0.0500. The van der Waals surface area contributed by atoms with E-state index in [0.717, 1.165) is 0 Å². The number of fused-ring (bicyclic) bond motifs is 3. The van der Waals surface area contributed by atoms with E-state index < -0.39 is 16.3 Å². The van der Waals surface area contributed by atoms with E-state index in [-0.39, 0.29) is 11.1 Å². The second-order valence-electron chi connectivity index (χ2n) is 6.75. The van der Waals surface area contributed by atoms with E-state index in [0.29, 0.717) is 33.5 Å². The predicted octanol–water partition coefficient (Wildman–Crippen LogP) is 3.31. The van der Waals surface area contributed by atoms with Gasteiger partial charge in [0.25, 0.3) is 11.2 Å². The van der Waals surface area contributed by atoms with Crippen LogP contribution in [-0.4, -0.2) is 29.5 Å². The van der Waals surface area contributed by atoms with Gasteiger partial charge in [-0.05, 0) is 24.3 Å². The summed E-state index contributed by atoms with van der Waals surface area (Å²) in [6.07, 6.45) is 1.59. The van der Waals surface area contributed by atoms with Crippen molar-refractivity contribution in [3.8, 4) is 16.9 Å². The van der Waals surface area contributed by atoms with E-state index in [9.17, 15) is 19.3 Å². The molecule has 3 aromatic heterocycles. The molecule has 0 radical (unpaired) electrons. The molecular weight excluding hydrogens is 391 g/mol. The van der Waals surface area contributed by atoms with Crippen LogP contribution in [0.3, 0.4) is 0 Å². The first-order valence-electron chi connectivity index (χ1n) is 8.91. The lowest BCUT2D eigenvalue weighted by Gasteiger charge is -2.04. The fourth-order valence-corrected chi connectivity index (χ4v) is 3.50. The molecule has 0 amide bonds. The van der Waals surface area contributed by atoms with Gasteiger partial charge in [-0.2, -0.15) is 5.10 Å². The topological polar surface area (TPSA) is 112 Å². The van der Waals surface area contributed by atoms with E-state index in [1.807, 2.05) is 0 Å². The lowest BCUT2D eigenvalue weighted by atomic mass is 10.1. The Morgan fingerprint density at radius 2 is 1.93 bits per heavy atom. The van der Waals surface area contributed by atoms with Crippen LogP contribution < -0.4 is 5.56 Å². The summed E-state index contributed by atoms with van der Waals surface area (Å²) in [6, 6.07) is 11.4. The average Bonchev–Trinajstić information content (AvgIpc) is 3.29. The minimum atomic E-state index is -0.503. The minimum Gasteiger partial charge on any atom is -0.289 e. The molecule has 0 spiro atoms. The quantitative estimate of drug-likeness (QED) is 0.366. The minimum absolute atomic E-state index is 0.109. The highest BCUT2D eigenvalue weighted by Gasteiger charge is 2.21. The van der Waals surface area contributed by atoms with Gasteiger partial charge in [-0.3, -0.25) is 24.7 Å². The summed E-state index contributed by atoms with van der Waals surface area (Å²) in [5, 5.41) is 19.4. The number of H-pyrrole nitrogens is 1. The third-order valence-corrected chi connectivity index (χ3v) is 4.94. The van der Waals surface area contributed by atoms with Crippen molar-refractivity contribution in [1.82, 2.24) is 24.5 Å². The number of pyridine rings is 1. The van der Waals surface area contributed by atoms with Gasteiger partial charge in [-0.1, -0.05) is 12.1 Å². The SMILES string of the molecule is Cn1ncc2c3[nH]n(-c4ccc(F)cc4)c(=O)c3c(-c3cccc([N+](=O)[O-])c3)nc21. The van der Waals surface area contributed by atoms with Gasteiger partial charge in [0, 0.05) is 24.7 Å². The number of nitro benzene ring substituents is 1. The number of nitrogens with zero attached hydrogens (tertiary/aromatic N) is 5. The number of aromatic amines is 1. The molecule has 0 fully saturated rings. The summed E-state index contributed by atoms with van der Waals surface area (Å²) in [4.78, 5) is 28.6. The maximum atomic E-state index is 13.3. The highest BCUT2D eigenvalue weighted by molar-refractivity contribution is 6.07. The monoisotopic (exact) mass is 404 g/mol. The highest BCUT2D eigenvalue weighted by Crippen LogP contribution is 2.31. The van der Waals surface area contributed by atoms with E-state index in [1.54, 1.807) is 30.1 Å². The number of aryl methyl sites for hydroxylation is 1. The zero-order valence-corrected chi connectivity index (χ0v) is 15.5. The largest absolute Gasteiger partial charge is 0.289 e. The van der Waals surface area contributed by atoms with Crippen molar-refractivity contribution in [2.45, 2.75) is 0 Å². The molecule has 0 aliphatic carbocycles. The van der Waals surface area contributed by atoms with Crippen LogP contribution in [0.1, 0.15) is 0 Å². The van der Waals surface area contributed by atoms with Gasteiger partial charge in [0.2, 0.25) is 0 Å². The van der Waals surface area contributed by atoms with Crippen LogP contribution in [0.2, 0.25) is 0 Å². The zero-order valence-electron chi connectivity index (χ0n) is 15.5. The summed E-state index contributed by atoms with van der Waals surface area (Å²) in [5.74, 6) is -0.420. The summed E-state index contributed by atoms with van der Waals surface area (Å²) in [7, 11) is 1.72. The van der Waals surface area contributed by atoms with Crippen LogP contribution in [0, 0.1) is 15.9 Å². The summed E-state index contributed by atoms with van der Waals surface area (Å²) in [6.45, 7) is 0. The van der Waals surface area contributed by atoms with Crippen molar-refractivity contribution in [3.05, 3.63) is 81.0 Å². The van der Waals surface area contributed by atoms with Crippen molar-refractivity contribution in [1.29, 1.82) is 0 Å². The number of nitro groups is 1. The molecule has 2 aromatic carbocycles. The number of non-ortho nitro benzene ring substituents is 1. The zero-order chi connectivity index (χ0) is 21.0. The van der Waals surface area contributed by atoms with Crippen LogP contribution in [0.5, 0.6) is 0 Å². The Labute approximate surface area is 167 Å². The molecule has 0 bridgehead atoms. The van der Waals surface area contributed by atoms with Crippen LogP contribution in [0.15, 0.2) is 59.5 Å². The highest BCUT2D eigenvalue weighted by atomic mass is 19.1. The standard InChI is InChI=1S/C20H13FN6O3/c1-25-19-15(10-22-25)18-16(17(23-19)11-3-2-4-14(9-11)27(29)30)20(28)26(24-18)13-7-5-12(21)6-8-13/h2-10,24H,1H3. The second-order valence-corrected chi connectivity index (χ2v) is 6.75. The fourth-order valence-electron chi connectivity index (χ4n) is 3.50. The number of aromatic nitrogens is 5. The molecule has 0 atom stereocenters. The van der Waals surface area contributed by atoms with Crippen molar-refractivity contribution in [2.75, 3.05) is 0 Å². The molecule has 0 aliphatic rings. The predicted molar refractivity (Wildman–Crippen MR) is 108 cm³/mol. The van der Waals surface area contributed by atoms with Crippen LogP contribution >= 0.6 is 0 Å². The van der Waals surface area contributed by atoms with E-state index in [1.165, 1.54) is 41.1 Å². The van der Waals surface area contributed by atoms with Crippen molar-refractivity contribution < 1.29 is 9.31 Å². The molecular formula is C20H13FN6O3. The third-order valence-electron chi connectivity index (χ3n) is 4.94. The smallest absolute Gasteiger partial charge is 0.281 e.